The second-order valence-electron chi connectivity index (χ2n) is 4.50. The summed E-state index contributed by atoms with van der Waals surface area (Å²) in [6, 6.07) is 11.7. The summed E-state index contributed by atoms with van der Waals surface area (Å²) in [6.07, 6.45) is 0. The zero-order chi connectivity index (χ0) is 14.5. The fraction of sp³-hybridized carbons (Fsp3) is 0.250. The van der Waals surface area contributed by atoms with E-state index < -0.39 is 0 Å². The van der Waals surface area contributed by atoms with Crippen LogP contribution in [0.2, 0.25) is 5.02 Å². The van der Waals surface area contributed by atoms with Crippen molar-refractivity contribution in [2.45, 2.75) is 13.5 Å². The third-order valence-electron chi connectivity index (χ3n) is 3.13. The van der Waals surface area contributed by atoms with Crippen LogP contribution in [0.3, 0.4) is 0 Å². The van der Waals surface area contributed by atoms with Gasteiger partial charge >= 0.3 is 0 Å². The molecule has 2 aromatic rings. The molecule has 3 nitrogen and oxygen atoms in total. The van der Waals surface area contributed by atoms with Crippen molar-refractivity contribution in [1.82, 2.24) is 0 Å². The normalized spacial score (nSPS) is 10.2. The summed E-state index contributed by atoms with van der Waals surface area (Å²) in [5.41, 5.74) is 3.33. The van der Waals surface area contributed by atoms with Crippen LogP contribution < -0.4 is 14.8 Å². The third kappa shape index (κ3) is 3.36. The molecule has 4 heteroatoms. The van der Waals surface area contributed by atoms with Crippen molar-refractivity contribution in [3.05, 3.63) is 52.5 Å². The van der Waals surface area contributed by atoms with Gasteiger partial charge in [0.2, 0.25) is 0 Å². The van der Waals surface area contributed by atoms with Gasteiger partial charge in [0.1, 0.15) is 11.5 Å². The lowest BCUT2D eigenvalue weighted by Crippen LogP contribution is -2.01. The number of methoxy groups -OCH3 is 2. The van der Waals surface area contributed by atoms with Crippen LogP contribution in [0.1, 0.15) is 11.1 Å². The highest BCUT2D eigenvalue weighted by Gasteiger charge is 2.03. The molecule has 106 valence electrons. The van der Waals surface area contributed by atoms with Gasteiger partial charge in [-0.15, -0.1) is 0 Å². The molecule has 20 heavy (non-hydrogen) atoms. The maximum Gasteiger partial charge on any atom is 0.137 e. The van der Waals surface area contributed by atoms with Crippen molar-refractivity contribution in [1.29, 1.82) is 0 Å². The second kappa shape index (κ2) is 6.53. The van der Waals surface area contributed by atoms with Crippen LogP contribution in [0.5, 0.6) is 11.5 Å². The van der Waals surface area contributed by atoms with E-state index in [1.165, 1.54) is 0 Å². The van der Waals surface area contributed by atoms with Gasteiger partial charge < -0.3 is 14.8 Å². The lowest BCUT2D eigenvalue weighted by molar-refractivity contribution is 0.414. The highest BCUT2D eigenvalue weighted by Crippen LogP contribution is 2.26. The molecule has 0 aliphatic rings. The highest BCUT2D eigenvalue weighted by atomic mass is 35.5. The first-order valence-electron chi connectivity index (χ1n) is 6.35. The summed E-state index contributed by atoms with van der Waals surface area (Å²) >= 11 is 6.11. The molecule has 0 atom stereocenters. The molecular weight excluding hydrogens is 274 g/mol. The topological polar surface area (TPSA) is 30.5 Å². The maximum absolute atomic E-state index is 6.11. The molecule has 2 rings (SSSR count). The van der Waals surface area contributed by atoms with E-state index in [4.69, 9.17) is 21.1 Å². The number of anilines is 1. The Morgan fingerprint density at radius 1 is 1.05 bits per heavy atom. The summed E-state index contributed by atoms with van der Waals surface area (Å²) in [6.45, 7) is 2.75. The molecule has 0 amide bonds. The Balaban J connectivity index is 2.07. The van der Waals surface area contributed by atoms with Crippen LogP contribution in [0.25, 0.3) is 0 Å². The van der Waals surface area contributed by atoms with Crippen molar-refractivity contribution in [2.24, 2.45) is 0 Å². The predicted molar refractivity (Wildman–Crippen MR) is 83.1 cm³/mol. The van der Waals surface area contributed by atoms with Crippen LogP contribution in [0.4, 0.5) is 5.69 Å². The molecule has 0 spiro atoms. The first kappa shape index (κ1) is 14.5. The molecule has 0 fully saturated rings. The number of aryl methyl sites for hydroxylation is 1. The van der Waals surface area contributed by atoms with Crippen LogP contribution in [0, 0.1) is 6.92 Å². The van der Waals surface area contributed by atoms with Gasteiger partial charge in [0.05, 0.1) is 19.2 Å². The van der Waals surface area contributed by atoms with Gasteiger partial charge in [-0.1, -0.05) is 17.7 Å². The Hall–Kier alpha value is -1.87. The Morgan fingerprint density at radius 3 is 2.45 bits per heavy atom. The Morgan fingerprint density at radius 2 is 1.85 bits per heavy atom. The van der Waals surface area contributed by atoms with Gasteiger partial charge in [0, 0.05) is 12.2 Å². The SMILES string of the molecule is COc1ccc(NCc2ccc(OC)c(Cl)c2)c(C)c1. The lowest BCUT2D eigenvalue weighted by atomic mass is 10.1. The van der Waals surface area contributed by atoms with Gasteiger partial charge in [-0.05, 0) is 48.4 Å². The second-order valence-corrected chi connectivity index (χ2v) is 4.91. The summed E-state index contributed by atoms with van der Waals surface area (Å²) in [5.74, 6) is 1.55. The van der Waals surface area contributed by atoms with E-state index in [0.717, 1.165) is 22.6 Å². The van der Waals surface area contributed by atoms with Crippen LogP contribution in [-0.4, -0.2) is 14.2 Å². The predicted octanol–water partition coefficient (Wildman–Crippen LogP) is 4.28. The molecule has 0 radical (unpaired) electrons. The molecule has 0 unspecified atom stereocenters. The monoisotopic (exact) mass is 291 g/mol. The number of nitrogens with one attached hydrogen (secondary N) is 1. The molecule has 0 bridgehead atoms. The van der Waals surface area contributed by atoms with Crippen LogP contribution >= 0.6 is 11.6 Å². The number of hydrogen-bond acceptors (Lipinski definition) is 3. The average molecular weight is 292 g/mol. The minimum absolute atomic E-state index is 0.623. The summed E-state index contributed by atoms with van der Waals surface area (Å²) in [5, 5.41) is 4.01. The van der Waals surface area contributed by atoms with E-state index in [2.05, 4.69) is 5.32 Å². The van der Waals surface area contributed by atoms with E-state index in [-0.39, 0.29) is 0 Å². The number of halogens is 1. The average Bonchev–Trinajstić information content (AvgIpc) is 2.46. The standard InChI is InChI=1S/C16H18ClNO2/c1-11-8-13(19-2)5-6-15(11)18-10-12-4-7-16(20-3)14(17)9-12/h4-9,18H,10H2,1-3H3. The maximum atomic E-state index is 6.11. The van der Waals surface area contributed by atoms with Crippen molar-refractivity contribution >= 4 is 17.3 Å². The van der Waals surface area contributed by atoms with Crippen LogP contribution in [0.15, 0.2) is 36.4 Å². The fourth-order valence-electron chi connectivity index (χ4n) is 1.98. The largest absolute Gasteiger partial charge is 0.497 e. The molecule has 0 saturated carbocycles. The Bertz CT molecular complexity index is 599. The quantitative estimate of drug-likeness (QED) is 0.892. The molecule has 0 heterocycles. The van der Waals surface area contributed by atoms with Gasteiger partial charge in [-0.3, -0.25) is 0 Å². The Labute approximate surface area is 124 Å². The lowest BCUT2D eigenvalue weighted by Gasteiger charge is -2.12. The summed E-state index contributed by atoms with van der Waals surface area (Å²) in [4.78, 5) is 0. The smallest absolute Gasteiger partial charge is 0.137 e. The van der Waals surface area contributed by atoms with Crippen molar-refractivity contribution < 1.29 is 9.47 Å². The molecule has 0 aromatic heterocycles. The molecule has 0 aliphatic heterocycles. The number of hydrogen-bond donors (Lipinski definition) is 1. The molecule has 0 saturated heterocycles. The summed E-state index contributed by atoms with van der Waals surface area (Å²) in [7, 11) is 3.28. The van der Waals surface area contributed by atoms with E-state index in [1.54, 1.807) is 14.2 Å². The Kier molecular flexibility index (Phi) is 4.74. The van der Waals surface area contributed by atoms with Gasteiger partial charge in [-0.25, -0.2) is 0 Å². The molecular formula is C16H18ClNO2. The van der Waals surface area contributed by atoms with E-state index in [0.29, 0.717) is 17.3 Å². The van der Waals surface area contributed by atoms with Gasteiger partial charge in [-0.2, -0.15) is 0 Å². The zero-order valence-electron chi connectivity index (χ0n) is 11.9. The van der Waals surface area contributed by atoms with Crippen molar-refractivity contribution in [3.8, 4) is 11.5 Å². The van der Waals surface area contributed by atoms with Gasteiger partial charge in [0.15, 0.2) is 0 Å². The fourth-order valence-corrected chi connectivity index (χ4v) is 2.26. The highest BCUT2D eigenvalue weighted by molar-refractivity contribution is 6.32. The third-order valence-corrected chi connectivity index (χ3v) is 3.43. The number of rotatable bonds is 5. The first-order chi connectivity index (χ1) is 9.63. The van der Waals surface area contributed by atoms with Crippen molar-refractivity contribution in [3.63, 3.8) is 0 Å². The first-order valence-corrected chi connectivity index (χ1v) is 6.72. The molecule has 0 aliphatic carbocycles. The number of benzene rings is 2. The summed E-state index contributed by atoms with van der Waals surface area (Å²) < 4.78 is 10.3. The number of ether oxygens (including phenoxy) is 2. The van der Waals surface area contributed by atoms with E-state index in [9.17, 15) is 0 Å². The van der Waals surface area contributed by atoms with Crippen LogP contribution in [-0.2, 0) is 6.54 Å². The van der Waals surface area contributed by atoms with Gasteiger partial charge in [0.25, 0.3) is 0 Å². The van der Waals surface area contributed by atoms with E-state index >= 15 is 0 Å². The molecule has 2 aromatic carbocycles. The van der Waals surface area contributed by atoms with E-state index in [1.807, 2.05) is 43.3 Å². The minimum Gasteiger partial charge on any atom is -0.497 e. The minimum atomic E-state index is 0.623. The van der Waals surface area contributed by atoms with Crippen molar-refractivity contribution in [2.75, 3.05) is 19.5 Å². The zero-order valence-corrected chi connectivity index (χ0v) is 12.6. The molecule has 1 N–H and O–H groups in total.